The van der Waals surface area contributed by atoms with E-state index in [9.17, 15) is 0 Å². The number of halogens is 2. The topological polar surface area (TPSA) is 51.8 Å². The van der Waals surface area contributed by atoms with Gasteiger partial charge in [-0.05, 0) is 41.4 Å². The molecule has 0 unspecified atom stereocenters. The first-order valence-corrected chi connectivity index (χ1v) is 6.62. The van der Waals surface area contributed by atoms with Crippen molar-refractivity contribution in [1.82, 2.24) is 15.0 Å². The monoisotopic (exact) mass is 319 g/mol. The van der Waals surface area contributed by atoms with E-state index in [0.717, 1.165) is 0 Å². The van der Waals surface area contributed by atoms with Crippen LogP contribution in [-0.2, 0) is 0 Å². The quantitative estimate of drug-likeness (QED) is 0.508. The highest BCUT2D eigenvalue weighted by atomic mass is 35.5. The predicted octanol–water partition coefficient (Wildman–Crippen LogP) is 4.74. The largest absolute Gasteiger partial charge is 0.456 e. The third kappa shape index (κ3) is 2.13. The van der Waals surface area contributed by atoms with Crippen LogP contribution in [0.15, 0.2) is 46.8 Å². The van der Waals surface area contributed by atoms with Gasteiger partial charge in [-0.2, -0.15) is 15.0 Å². The zero-order valence-electron chi connectivity index (χ0n) is 14.2. The summed E-state index contributed by atoms with van der Waals surface area (Å²) in [5, 5.41) is 0.687. The molecule has 4 rings (SSSR count). The summed E-state index contributed by atoms with van der Waals surface area (Å²) in [6.07, 6.45) is 0. The van der Waals surface area contributed by atoms with Crippen LogP contribution in [0.1, 0.15) is 5.48 Å². The van der Waals surface area contributed by atoms with E-state index in [4.69, 9.17) is 33.1 Å². The second-order valence-electron chi connectivity index (χ2n) is 4.17. The summed E-state index contributed by atoms with van der Waals surface area (Å²) in [5.74, 6) is -0.00497. The molecule has 0 fully saturated rings. The van der Waals surface area contributed by atoms with E-state index in [-0.39, 0.29) is 57.3 Å². The van der Waals surface area contributed by atoms with Gasteiger partial charge in [0.25, 0.3) is 0 Å². The number of fused-ring (bicyclic) bond motifs is 3. The Balaban J connectivity index is 2.11. The van der Waals surface area contributed by atoms with Crippen LogP contribution in [0.25, 0.3) is 33.3 Å². The van der Waals surface area contributed by atoms with Gasteiger partial charge in [-0.3, -0.25) is 0 Å². The lowest BCUT2D eigenvalue weighted by atomic mass is 10.1. The molecule has 4 nitrogen and oxygen atoms in total. The maximum atomic E-state index is 8.41. The second-order valence-corrected chi connectivity index (χ2v) is 4.85. The van der Waals surface area contributed by atoms with Crippen LogP contribution in [0.5, 0.6) is 0 Å². The molecule has 2 aromatic heterocycles. The molecule has 0 saturated heterocycles. The van der Waals surface area contributed by atoms with Crippen molar-refractivity contribution in [3.05, 3.63) is 52.9 Å². The fraction of sp³-hybridized carbons (Fsp3) is 0. The van der Waals surface area contributed by atoms with Gasteiger partial charge in [0.1, 0.15) is 11.2 Å². The molecular weight excluding hydrogens is 309 g/mol. The summed E-state index contributed by atoms with van der Waals surface area (Å²) < 4.78 is 38.0. The summed E-state index contributed by atoms with van der Waals surface area (Å²) >= 11 is 11.6. The fourth-order valence-corrected chi connectivity index (χ4v) is 2.39. The molecular formula is C15H7Cl2N3O. The van der Waals surface area contributed by atoms with Crippen LogP contribution >= 0.6 is 23.2 Å². The van der Waals surface area contributed by atoms with Gasteiger partial charge in [0.15, 0.2) is 5.82 Å². The van der Waals surface area contributed by atoms with E-state index in [0.29, 0.717) is 10.8 Å². The Bertz CT molecular complexity index is 1160. The maximum absolute atomic E-state index is 8.41. The highest BCUT2D eigenvalue weighted by Gasteiger charge is 2.10. The van der Waals surface area contributed by atoms with Crippen molar-refractivity contribution in [1.29, 1.82) is 0 Å². The Kier molecular flexibility index (Phi) is 2.00. The molecule has 102 valence electrons. The van der Waals surface area contributed by atoms with Crippen LogP contribution in [-0.4, -0.2) is 15.0 Å². The number of hydrogen-bond donors (Lipinski definition) is 0. The van der Waals surface area contributed by atoms with Crippen molar-refractivity contribution in [2.45, 2.75) is 0 Å². The summed E-state index contributed by atoms with van der Waals surface area (Å²) in [6, 6.07) is 4.41. The van der Waals surface area contributed by atoms with Crippen LogP contribution in [0.3, 0.4) is 0 Å². The van der Waals surface area contributed by atoms with E-state index < -0.39 is 0 Å². The first-order valence-electron chi connectivity index (χ1n) is 7.86. The minimum absolute atomic E-state index is 0.00497. The molecule has 0 aliphatic carbocycles. The van der Waals surface area contributed by atoms with Crippen LogP contribution in [0, 0.1) is 0 Å². The maximum Gasteiger partial charge on any atom is 0.227 e. The van der Waals surface area contributed by atoms with Crippen LogP contribution in [0.2, 0.25) is 10.6 Å². The SMILES string of the molecule is [2H]c1cc([2H])c2oc3c([2H])c(-c4nc(Cl)nc(Cl)n4)c([2H])cc3c2c1. The third-order valence-electron chi connectivity index (χ3n) is 2.90. The minimum Gasteiger partial charge on any atom is -0.456 e. The molecule has 0 saturated carbocycles. The van der Waals surface area contributed by atoms with Crippen LogP contribution in [0.4, 0.5) is 0 Å². The lowest BCUT2D eigenvalue weighted by Crippen LogP contribution is -1.93. The minimum atomic E-state index is -0.147. The number of furan rings is 1. The zero-order valence-corrected chi connectivity index (χ0v) is 11.7. The standard InChI is InChI=1S/C15H7Cl2N3O/c16-14-18-13(19-15(17)20-14)8-5-6-10-9-3-1-2-4-11(9)21-12(10)7-8/h1-7H/i1D,4D,5D,7D. The smallest absolute Gasteiger partial charge is 0.227 e. The number of hydrogen-bond acceptors (Lipinski definition) is 4. The van der Waals surface area contributed by atoms with Gasteiger partial charge in [-0.25, -0.2) is 0 Å². The Morgan fingerprint density at radius 3 is 2.52 bits per heavy atom. The number of para-hydroxylation sites is 1. The van der Waals surface area contributed by atoms with Gasteiger partial charge in [-0.1, -0.05) is 24.2 Å². The second kappa shape index (κ2) is 4.69. The summed E-state index contributed by atoms with van der Waals surface area (Å²) in [7, 11) is 0. The van der Waals surface area contributed by atoms with Crippen molar-refractivity contribution in [3.8, 4) is 11.4 Å². The molecule has 6 heteroatoms. The van der Waals surface area contributed by atoms with E-state index >= 15 is 0 Å². The van der Waals surface area contributed by atoms with Gasteiger partial charge in [0, 0.05) is 16.3 Å². The molecule has 0 N–H and O–H groups in total. The van der Waals surface area contributed by atoms with E-state index in [1.165, 1.54) is 18.2 Å². The molecule has 0 spiro atoms. The van der Waals surface area contributed by atoms with Crippen molar-refractivity contribution < 1.29 is 9.90 Å². The highest BCUT2D eigenvalue weighted by Crippen LogP contribution is 2.31. The number of rotatable bonds is 1. The average molecular weight is 320 g/mol. The molecule has 2 aromatic carbocycles. The molecule has 0 aliphatic heterocycles. The van der Waals surface area contributed by atoms with Crippen molar-refractivity contribution in [3.63, 3.8) is 0 Å². The molecule has 0 bridgehead atoms. The molecule has 0 amide bonds. The predicted molar refractivity (Wildman–Crippen MR) is 82.6 cm³/mol. The molecule has 0 radical (unpaired) electrons. The van der Waals surface area contributed by atoms with Gasteiger partial charge in [0.05, 0.1) is 5.48 Å². The normalized spacial score (nSPS) is 14.0. The fourth-order valence-electron chi connectivity index (χ4n) is 2.03. The van der Waals surface area contributed by atoms with E-state index in [1.54, 1.807) is 0 Å². The van der Waals surface area contributed by atoms with E-state index in [2.05, 4.69) is 15.0 Å². The molecule has 21 heavy (non-hydrogen) atoms. The van der Waals surface area contributed by atoms with Crippen molar-refractivity contribution >= 4 is 45.1 Å². The molecule has 0 atom stereocenters. The number of aromatic nitrogens is 3. The zero-order chi connectivity index (χ0) is 17.9. The Labute approximate surface area is 135 Å². The average Bonchev–Trinajstić information content (AvgIpc) is 2.86. The molecule has 0 aliphatic rings. The van der Waals surface area contributed by atoms with Gasteiger partial charge in [-0.15, -0.1) is 0 Å². The first kappa shape index (κ1) is 8.97. The number of nitrogens with zero attached hydrogens (tertiary/aromatic N) is 3. The summed E-state index contributed by atoms with van der Waals surface area (Å²) in [4.78, 5) is 11.5. The number of benzene rings is 2. The van der Waals surface area contributed by atoms with Crippen LogP contribution < -0.4 is 0 Å². The van der Waals surface area contributed by atoms with E-state index in [1.807, 2.05) is 0 Å². The summed E-state index contributed by atoms with van der Waals surface area (Å²) in [6.45, 7) is 0. The molecule has 2 heterocycles. The highest BCUT2D eigenvalue weighted by molar-refractivity contribution is 6.31. The molecule has 4 aromatic rings. The lowest BCUT2D eigenvalue weighted by molar-refractivity contribution is 0.669. The van der Waals surface area contributed by atoms with Gasteiger partial charge in [0.2, 0.25) is 10.6 Å². The summed E-state index contributed by atoms with van der Waals surface area (Å²) in [5.41, 5.74) is 0.519. The first-order chi connectivity index (χ1) is 11.8. The van der Waals surface area contributed by atoms with Crippen molar-refractivity contribution in [2.24, 2.45) is 0 Å². The van der Waals surface area contributed by atoms with Gasteiger partial charge >= 0.3 is 0 Å². The Morgan fingerprint density at radius 1 is 0.952 bits per heavy atom. The third-order valence-corrected chi connectivity index (χ3v) is 3.24. The van der Waals surface area contributed by atoms with Gasteiger partial charge < -0.3 is 4.42 Å². The Morgan fingerprint density at radius 2 is 1.71 bits per heavy atom. The lowest BCUT2D eigenvalue weighted by Gasteiger charge is -2.00. The Hall–Kier alpha value is -2.17. The van der Waals surface area contributed by atoms with Crippen molar-refractivity contribution in [2.75, 3.05) is 0 Å².